The summed E-state index contributed by atoms with van der Waals surface area (Å²) < 4.78 is 0. The SMILES string of the molecule is Cc1ccccc1N1CCN(c2ccc(C(=O)N[C@@H](C)c3ccccc3)cc2N)CC1. The van der Waals surface area contributed by atoms with E-state index >= 15 is 0 Å². The van der Waals surface area contributed by atoms with Crippen LogP contribution in [0.4, 0.5) is 17.1 Å². The Morgan fingerprint density at radius 1 is 0.871 bits per heavy atom. The molecule has 4 rings (SSSR count). The molecule has 0 unspecified atom stereocenters. The Hall–Kier alpha value is -3.47. The molecule has 1 aliphatic rings. The number of carbonyl (C=O) groups excluding carboxylic acids is 1. The van der Waals surface area contributed by atoms with E-state index in [2.05, 4.69) is 46.3 Å². The third-order valence-corrected chi connectivity index (χ3v) is 6.01. The number of hydrogen-bond donors (Lipinski definition) is 2. The fourth-order valence-corrected chi connectivity index (χ4v) is 4.20. The Labute approximate surface area is 184 Å². The van der Waals surface area contributed by atoms with Crippen LogP contribution in [0.25, 0.3) is 0 Å². The zero-order valence-corrected chi connectivity index (χ0v) is 18.2. The number of benzene rings is 3. The van der Waals surface area contributed by atoms with Crippen LogP contribution in [0.3, 0.4) is 0 Å². The number of anilines is 3. The summed E-state index contributed by atoms with van der Waals surface area (Å²) in [5.41, 5.74) is 12.3. The van der Waals surface area contributed by atoms with Crippen molar-refractivity contribution in [3.05, 3.63) is 89.5 Å². The van der Waals surface area contributed by atoms with E-state index in [1.807, 2.05) is 49.4 Å². The van der Waals surface area contributed by atoms with Crippen LogP contribution in [-0.4, -0.2) is 32.1 Å². The van der Waals surface area contributed by atoms with Crippen molar-refractivity contribution >= 4 is 23.0 Å². The third-order valence-electron chi connectivity index (χ3n) is 6.01. The average molecular weight is 415 g/mol. The monoisotopic (exact) mass is 414 g/mol. The summed E-state index contributed by atoms with van der Waals surface area (Å²) in [6, 6.07) is 24.0. The molecule has 1 fully saturated rings. The molecule has 160 valence electrons. The number of carbonyl (C=O) groups is 1. The fraction of sp³-hybridized carbons (Fsp3) is 0.269. The lowest BCUT2D eigenvalue weighted by Crippen LogP contribution is -2.47. The van der Waals surface area contributed by atoms with Crippen molar-refractivity contribution in [2.45, 2.75) is 19.9 Å². The standard InChI is InChI=1S/C26H30N4O/c1-19-8-6-7-11-24(19)29-14-16-30(17-15-29)25-13-12-22(18-23(25)27)26(31)28-20(2)21-9-4-3-5-10-21/h3-13,18,20H,14-17,27H2,1-2H3,(H,28,31)/t20-/m0/s1. The molecule has 3 aromatic rings. The van der Waals surface area contributed by atoms with Gasteiger partial charge < -0.3 is 20.9 Å². The van der Waals surface area contributed by atoms with E-state index in [4.69, 9.17) is 5.73 Å². The van der Waals surface area contributed by atoms with Crippen molar-refractivity contribution in [1.29, 1.82) is 0 Å². The van der Waals surface area contributed by atoms with Gasteiger partial charge in [-0.3, -0.25) is 4.79 Å². The molecule has 5 heteroatoms. The molecule has 1 saturated heterocycles. The molecule has 3 N–H and O–H groups in total. The predicted octanol–water partition coefficient (Wildman–Crippen LogP) is 4.39. The summed E-state index contributed by atoms with van der Waals surface area (Å²) in [4.78, 5) is 17.4. The highest BCUT2D eigenvalue weighted by Crippen LogP contribution is 2.28. The van der Waals surface area contributed by atoms with Crippen molar-refractivity contribution in [2.24, 2.45) is 0 Å². The minimum absolute atomic E-state index is 0.0656. The summed E-state index contributed by atoms with van der Waals surface area (Å²) in [5, 5.41) is 3.05. The normalized spacial score (nSPS) is 14.9. The highest BCUT2D eigenvalue weighted by Gasteiger charge is 2.21. The summed E-state index contributed by atoms with van der Waals surface area (Å²) in [6.45, 7) is 7.83. The maximum atomic E-state index is 12.7. The molecule has 1 aliphatic heterocycles. The molecule has 1 amide bonds. The van der Waals surface area contributed by atoms with E-state index in [9.17, 15) is 4.79 Å². The van der Waals surface area contributed by atoms with Crippen molar-refractivity contribution in [3.8, 4) is 0 Å². The highest BCUT2D eigenvalue weighted by atomic mass is 16.1. The zero-order valence-electron chi connectivity index (χ0n) is 18.2. The number of nitrogens with two attached hydrogens (primary N) is 1. The van der Waals surface area contributed by atoms with Crippen LogP contribution in [0, 0.1) is 6.92 Å². The quantitative estimate of drug-likeness (QED) is 0.608. The van der Waals surface area contributed by atoms with Gasteiger partial charge in [0.2, 0.25) is 0 Å². The second-order valence-electron chi connectivity index (χ2n) is 8.14. The number of hydrogen-bond acceptors (Lipinski definition) is 4. The summed E-state index contributed by atoms with van der Waals surface area (Å²) in [5.74, 6) is -0.112. The summed E-state index contributed by atoms with van der Waals surface area (Å²) in [6.07, 6.45) is 0. The van der Waals surface area contributed by atoms with Gasteiger partial charge in [0.05, 0.1) is 17.4 Å². The maximum absolute atomic E-state index is 12.7. The summed E-state index contributed by atoms with van der Waals surface area (Å²) in [7, 11) is 0. The number of nitrogen functional groups attached to an aromatic ring is 1. The molecule has 0 aliphatic carbocycles. The van der Waals surface area contributed by atoms with Gasteiger partial charge in [-0.15, -0.1) is 0 Å². The van der Waals surface area contributed by atoms with E-state index in [1.54, 1.807) is 6.07 Å². The molecule has 0 saturated carbocycles. The number of aryl methyl sites for hydroxylation is 1. The highest BCUT2D eigenvalue weighted by molar-refractivity contribution is 5.96. The van der Waals surface area contributed by atoms with E-state index in [0.717, 1.165) is 37.4 Å². The van der Waals surface area contributed by atoms with Crippen LogP contribution >= 0.6 is 0 Å². The molecule has 1 heterocycles. The van der Waals surface area contributed by atoms with Gasteiger partial charge in [-0.25, -0.2) is 0 Å². The number of nitrogens with one attached hydrogen (secondary N) is 1. The van der Waals surface area contributed by atoms with E-state index in [-0.39, 0.29) is 11.9 Å². The minimum atomic E-state index is -0.112. The Morgan fingerprint density at radius 2 is 1.48 bits per heavy atom. The molecule has 31 heavy (non-hydrogen) atoms. The smallest absolute Gasteiger partial charge is 0.251 e. The van der Waals surface area contributed by atoms with Gasteiger partial charge >= 0.3 is 0 Å². The number of amides is 1. The summed E-state index contributed by atoms with van der Waals surface area (Å²) >= 11 is 0. The van der Waals surface area contributed by atoms with E-state index in [1.165, 1.54) is 11.3 Å². The topological polar surface area (TPSA) is 61.6 Å². The molecule has 3 aromatic carbocycles. The lowest BCUT2D eigenvalue weighted by molar-refractivity contribution is 0.0940. The van der Waals surface area contributed by atoms with E-state index < -0.39 is 0 Å². The fourth-order valence-electron chi connectivity index (χ4n) is 4.20. The molecule has 0 bridgehead atoms. The van der Waals surface area contributed by atoms with Crippen molar-refractivity contribution < 1.29 is 4.79 Å². The van der Waals surface area contributed by atoms with Gasteiger partial charge in [-0.1, -0.05) is 48.5 Å². The average Bonchev–Trinajstić information content (AvgIpc) is 2.80. The van der Waals surface area contributed by atoms with Crippen molar-refractivity contribution in [2.75, 3.05) is 41.7 Å². The first kappa shape index (κ1) is 20.8. The Balaban J connectivity index is 1.40. The lowest BCUT2D eigenvalue weighted by atomic mass is 10.1. The number of para-hydroxylation sites is 1. The van der Waals surface area contributed by atoms with Gasteiger partial charge in [0.15, 0.2) is 0 Å². The number of piperazine rings is 1. The Morgan fingerprint density at radius 3 is 2.13 bits per heavy atom. The van der Waals surface area contributed by atoms with Crippen LogP contribution in [0.15, 0.2) is 72.8 Å². The van der Waals surface area contributed by atoms with Crippen LogP contribution in [0.5, 0.6) is 0 Å². The molecular formula is C26H30N4O. The predicted molar refractivity (Wildman–Crippen MR) is 129 cm³/mol. The minimum Gasteiger partial charge on any atom is -0.397 e. The second-order valence-corrected chi connectivity index (χ2v) is 8.14. The second kappa shape index (κ2) is 9.13. The molecule has 0 aromatic heterocycles. The molecule has 5 nitrogen and oxygen atoms in total. The van der Waals surface area contributed by atoms with Gasteiger partial charge in [0.25, 0.3) is 5.91 Å². The maximum Gasteiger partial charge on any atom is 0.251 e. The van der Waals surface area contributed by atoms with Gasteiger partial charge in [-0.2, -0.15) is 0 Å². The first-order valence-corrected chi connectivity index (χ1v) is 10.8. The largest absolute Gasteiger partial charge is 0.397 e. The molecule has 1 atom stereocenters. The van der Waals surface area contributed by atoms with Crippen LogP contribution in [-0.2, 0) is 0 Å². The Kier molecular flexibility index (Phi) is 6.12. The van der Waals surface area contributed by atoms with Crippen LogP contribution < -0.4 is 20.9 Å². The Bertz CT molecular complexity index is 1040. The lowest BCUT2D eigenvalue weighted by Gasteiger charge is -2.38. The molecule has 0 radical (unpaired) electrons. The van der Waals surface area contributed by atoms with Crippen LogP contribution in [0.2, 0.25) is 0 Å². The number of rotatable bonds is 5. The molecular weight excluding hydrogens is 384 g/mol. The van der Waals surface area contributed by atoms with E-state index in [0.29, 0.717) is 11.3 Å². The molecule has 0 spiro atoms. The van der Waals surface area contributed by atoms with Gasteiger partial charge in [-0.05, 0) is 49.2 Å². The third kappa shape index (κ3) is 4.66. The first-order chi connectivity index (χ1) is 15.0. The zero-order chi connectivity index (χ0) is 21.8. The van der Waals surface area contributed by atoms with Crippen LogP contribution in [0.1, 0.15) is 34.5 Å². The van der Waals surface area contributed by atoms with Crippen molar-refractivity contribution in [3.63, 3.8) is 0 Å². The number of nitrogens with zero attached hydrogens (tertiary/aromatic N) is 2. The van der Waals surface area contributed by atoms with Gasteiger partial charge in [0.1, 0.15) is 0 Å². The van der Waals surface area contributed by atoms with Gasteiger partial charge in [0, 0.05) is 37.4 Å². The first-order valence-electron chi connectivity index (χ1n) is 10.8. The van der Waals surface area contributed by atoms with Crippen molar-refractivity contribution in [1.82, 2.24) is 5.32 Å².